The van der Waals surface area contributed by atoms with E-state index in [9.17, 15) is 0 Å². The monoisotopic (exact) mass is 160 g/mol. The van der Waals surface area contributed by atoms with Crippen LogP contribution in [0.4, 0.5) is 5.82 Å². The summed E-state index contributed by atoms with van der Waals surface area (Å²) >= 11 is 0. The second-order valence-corrected chi connectivity index (χ2v) is 2.01. The molecule has 0 aromatic carbocycles. The van der Waals surface area contributed by atoms with Crippen LogP contribution < -0.4 is 5.73 Å². The van der Waals surface area contributed by atoms with Gasteiger partial charge in [0.2, 0.25) is 0 Å². The van der Waals surface area contributed by atoms with Gasteiger partial charge >= 0.3 is 0 Å². The lowest BCUT2D eigenvalue weighted by atomic mass is 10.2. The van der Waals surface area contributed by atoms with Crippen LogP contribution in [0.2, 0.25) is 0 Å². The van der Waals surface area contributed by atoms with Crippen LogP contribution in [0.15, 0.2) is 6.07 Å². The van der Waals surface area contributed by atoms with Gasteiger partial charge in [-0.3, -0.25) is 0 Å². The summed E-state index contributed by atoms with van der Waals surface area (Å²) < 4.78 is 0. The zero-order valence-electron chi connectivity index (χ0n) is 5.94. The quantitative estimate of drug-likeness (QED) is 0.560. The van der Waals surface area contributed by atoms with Crippen molar-refractivity contribution in [2.24, 2.45) is 0 Å². The van der Waals surface area contributed by atoms with Crippen LogP contribution >= 0.6 is 0 Å². The van der Waals surface area contributed by atoms with Crippen molar-refractivity contribution < 1.29 is 5.11 Å². The highest BCUT2D eigenvalue weighted by Crippen LogP contribution is 2.18. The molecule has 1 rings (SSSR count). The van der Waals surface area contributed by atoms with E-state index in [1.807, 2.05) is 0 Å². The van der Waals surface area contributed by atoms with E-state index < -0.39 is 0 Å². The number of aromatic nitrogens is 1. The van der Waals surface area contributed by atoms with Gasteiger partial charge in [0.05, 0.1) is 5.56 Å². The second-order valence-electron chi connectivity index (χ2n) is 2.01. The Balaban J connectivity index is 3.41. The number of nitrogens with two attached hydrogens (primary N) is 1. The molecular weight excluding hydrogens is 156 g/mol. The number of hydrogen-bond donors (Lipinski definition) is 2. The van der Waals surface area contributed by atoms with E-state index >= 15 is 0 Å². The standard InChI is InChI=1S/C7H4N4O/c8-2-4-1-6(12)5(3-9)11-7(4)10/h1,12H,(H2,10,11). The van der Waals surface area contributed by atoms with Gasteiger partial charge in [0.15, 0.2) is 11.4 Å². The third-order valence-corrected chi connectivity index (χ3v) is 1.26. The Morgan fingerprint density at radius 2 is 2.08 bits per heavy atom. The highest BCUT2D eigenvalue weighted by Gasteiger charge is 2.07. The van der Waals surface area contributed by atoms with E-state index in [4.69, 9.17) is 21.4 Å². The van der Waals surface area contributed by atoms with Gasteiger partial charge in [-0.2, -0.15) is 10.5 Å². The maximum Gasteiger partial charge on any atom is 0.184 e. The summed E-state index contributed by atoms with van der Waals surface area (Å²) in [6.07, 6.45) is 0. The molecule has 5 heteroatoms. The fraction of sp³-hybridized carbons (Fsp3) is 0. The highest BCUT2D eigenvalue weighted by molar-refractivity contribution is 5.54. The lowest BCUT2D eigenvalue weighted by molar-refractivity contribution is 0.470. The SMILES string of the molecule is N#Cc1cc(O)c(C#N)nc1N. The molecule has 0 saturated carbocycles. The zero-order chi connectivity index (χ0) is 9.14. The molecule has 1 aromatic heterocycles. The van der Waals surface area contributed by atoms with Gasteiger partial charge in [-0.05, 0) is 0 Å². The average molecular weight is 160 g/mol. The van der Waals surface area contributed by atoms with Crippen molar-refractivity contribution >= 4 is 5.82 Å². The summed E-state index contributed by atoms with van der Waals surface area (Å²) in [4.78, 5) is 3.51. The third-order valence-electron chi connectivity index (χ3n) is 1.26. The summed E-state index contributed by atoms with van der Waals surface area (Å²) in [5, 5.41) is 25.9. The third kappa shape index (κ3) is 1.11. The summed E-state index contributed by atoms with van der Waals surface area (Å²) in [5.41, 5.74) is 5.17. The molecule has 0 spiro atoms. The van der Waals surface area contributed by atoms with E-state index in [2.05, 4.69) is 4.98 Å². The summed E-state index contributed by atoms with van der Waals surface area (Å²) in [7, 11) is 0. The van der Waals surface area contributed by atoms with Gasteiger partial charge in [-0.1, -0.05) is 0 Å². The minimum Gasteiger partial charge on any atom is -0.505 e. The Labute approximate surface area is 68.3 Å². The Kier molecular flexibility index (Phi) is 1.81. The van der Waals surface area contributed by atoms with Crippen molar-refractivity contribution in [2.45, 2.75) is 0 Å². The molecule has 0 fully saturated rings. The number of nitrogen functional groups attached to an aromatic ring is 1. The van der Waals surface area contributed by atoms with Crippen molar-refractivity contribution in [2.75, 3.05) is 5.73 Å². The fourth-order valence-electron chi connectivity index (χ4n) is 0.689. The molecule has 5 nitrogen and oxygen atoms in total. The number of nitrogens with zero attached hydrogens (tertiary/aromatic N) is 3. The first-order valence-electron chi connectivity index (χ1n) is 2.98. The molecule has 0 atom stereocenters. The Hall–Kier alpha value is -2.27. The second kappa shape index (κ2) is 2.77. The van der Waals surface area contributed by atoms with E-state index in [1.165, 1.54) is 0 Å². The molecule has 0 aliphatic heterocycles. The molecule has 0 bridgehead atoms. The Bertz CT molecular complexity index is 359. The molecule has 0 aliphatic rings. The maximum atomic E-state index is 9.06. The molecule has 0 saturated heterocycles. The number of hydrogen-bond acceptors (Lipinski definition) is 5. The molecule has 0 radical (unpaired) electrons. The van der Waals surface area contributed by atoms with Crippen LogP contribution in [-0.4, -0.2) is 10.1 Å². The van der Waals surface area contributed by atoms with Crippen LogP contribution in [0, 0.1) is 22.7 Å². The molecule has 1 aromatic rings. The molecule has 0 aliphatic carbocycles. The topological polar surface area (TPSA) is 107 Å². The highest BCUT2D eigenvalue weighted by atomic mass is 16.3. The smallest absolute Gasteiger partial charge is 0.184 e. The lowest BCUT2D eigenvalue weighted by Gasteiger charge is -1.98. The van der Waals surface area contributed by atoms with Crippen LogP contribution in [0.1, 0.15) is 11.3 Å². The lowest BCUT2D eigenvalue weighted by Crippen LogP contribution is -1.96. The van der Waals surface area contributed by atoms with Gasteiger partial charge in [-0.15, -0.1) is 0 Å². The number of rotatable bonds is 0. The van der Waals surface area contributed by atoms with Gasteiger partial charge in [0.1, 0.15) is 18.0 Å². The Morgan fingerprint density at radius 1 is 1.42 bits per heavy atom. The first kappa shape index (κ1) is 7.83. The summed E-state index contributed by atoms with van der Waals surface area (Å²) in [6, 6.07) is 4.48. The predicted octanol–water partition coefficient (Wildman–Crippen LogP) is 0.113. The van der Waals surface area contributed by atoms with Crippen molar-refractivity contribution in [3.8, 4) is 17.9 Å². The molecule has 3 N–H and O–H groups in total. The summed E-state index contributed by atoms with van der Waals surface area (Å²) in [5.74, 6) is -0.380. The molecule has 58 valence electrons. The van der Waals surface area contributed by atoms with E-state index in [-0.39, 0.29) is 22.8 Å². The summed E-state index contributed by atoms with van der Waals surface area (Å²) in [6.45, 7) is 0. The average Bonchev–Trinajstić information content (AvgIpc) is 2.08. The normalized spacial score (nSPS) is 8.50. The first-order chi connectivity index (χ1) is 5.69. The largest absolute Gasteiger partial charge is 0.505 e. The van der Waals surface area contributed by atoms with E-state index in [1.54, 1.807) is 12.1 Å². The van der Waals surface area contributed by atoms with Crippen molar-refractivity contribution in [3.05, 3.63) is 17.3 Å². The number of anilines is 1. The van der Waals surface area contributed by atoms with Gasteiger partial charge in [0.25, 0.3) is 0 Å². The molecule has 12 heavy (non-hydrogen) atoms. The van der Waals surface area contributed by atoms with Gasteiger partial charge in [0, 0.05) is 6.07 Å². The first-order valence-corrected chi connectivity index (χ1v) is 2.98. The van der Waals surface area contributed by atoms with E-state index in [0.29, 0.717) is 0 Å². The van der Waals surface area contributed by atoms with Crippen LogP contribution in [-0.2, 0) is 0 Å². The van der Waals surface area contributed by atoms with Crippen molar-refractivity contribution in [1.82, 2.24) is 4.98 Å². The van der Waals surface area contributed by atoms with Crippen LogP contribution in [0.5, 0.6) is 5.75 Å². The number of aromatic hydroxyl groups is 1. The maximum absolute atomic E-state index is 9.06. The molecule has 0 unspecified atom stereocenters. The Morgan fingerprint density at radius 3 is 2.58 bits per heavy atom. The van der Waals surface area contributed by atoms with Crippen molar-refractivity contribution in [3.63, 3.8) is 0 Å². The number of nitriles is 2. The minimum atomic E-state index is -0.330. The van der Waals surface area contributed by atoms with Gasteiger partial charge in [-0.25, -0.2) is 4.98 Å². The minimum absolute atomic E-state index is 0.0492. The van der Waals surface area contributed by atoms with Crippen LogP contribution in [0.3, 0.4) is 0 Å². The van der Waals surface area contributed by atoms with E-state index in [0.717, 1.165) is 6.07 Å². The zero-order valence-corrected chi connectivity index (χ0v) is 5.94. The molecule has 1 heterocycles. The van der Waals surface area contributed by atoms with Crippen LogP contribution in [0.25, 0.3) is 0 Å². The number of pyridine rings is 1. The molecule has 0 amide bonds. The molecular formula is C7H4N4O. The fourth-order valence-corrected chi connectivity index (χ4v) is 0.689. The van der Waals surface area contributed by atoms with Crippen molar-refractivity contribution in [1.29, 1.82) is 10.5 Å². The van der Waals surface area contributed by atoms with Gasteiger partial charge < -0.3 is 10.8 Å². The predicted molar refractivity (Wildman–Crippen MR) is 39.7 cm³/mol.